The van der Waals surface area contributed by atoms with Gasteiger partial charge in [0.15, 0.2) is 11.5 Å². The highest BCUT2D eigenvalue weighted by Gasteiger charge is 2.80. The molecule has 1 aliphatic heterocycles. The predicted octanol–water partition coefficient (Wildman–Crippen LogP) is 3.72. The number of alkyl halides is 2. The zero-order chi connectivity index (χ0) is 19.9. The third-order valence-corrected chi connectivity index (χ3v) is 7.20. The van der Waals surface area contributed by atoms with E-state index in [1.807, 2.05) is 12.1 Å². The average molecular weight is 428 g/mol. The molecule has 1 heterocycles. The van der Waals surface area contributed by atoms with Gasteiger partial charge in [0.25, 0.3) is 0 Å². The maximum absolute atomic E-state index is 11.7. The van der Waals surface area contributed by atoms with Crippen LogP contribution in [0.25, 0.3) is 0 Å². The Kier molecular flexibility index (Phi) is 5.14. The van der Waals surface area contributed by atoms with Crippen molar-refractivity contribution >= 4 is 29.3 Å². The lowest BCUT2D eigenvalue weighted by molar-refractivity contribution is 0.0954. The minimum Gasteiger partial charge on any atom is -0.454 e. The number of hydrogen-bond donors (Lipinski definition) is 1. The van der Waals surface area contributed by atoms with Crippen molar-refractivity contribution in [3.8, 4) is 11.5 Å². The molecule has 1 amide bonds. The van der Waals surface area contributed by atoms with Gasteiger partial charge in [-0.15, -0.1) is 23.2 Å². The number of benzene rings is 1. The van der Waals surface area contributed by atoms with Crippen molar-refractivity contribution in [2.45, 2.75) is 35.1 Å². The van der Waals surface area contributed by atoms with E-state index in [0.717, 1.165) is 24.0 Å². The molecule has 0 saturated heterocycles. The summed E-state index contributed by atoms with van der Waals surface area (Å²) in [6, 6.07) is 3.95. The Morgan fingerprint density at radius 1 is 1.39 bits per heavy atom. The first-order valence-electron chi connectivity index (χ1n) is 9.29. The standard InChI is InChI=1S/C20H23Cl2NO5/c1-3-6-26-18(24)23-5-4-12-7-15-16(28-11-27-15)9-14(12)19-10-13(25-2)8-17(19)20(19,21)22/h3,7,9,13,17H,1,4-6,8,10-11H2,2H3,(H,23,24)/t13-,17?,19?/m1/s1. The molecule has 8 heteroatoms. The number of ether oxygens (including phenoxy) is 4. The van der Waals surface area contributed by atoms with Crippen molar-refractivity contribution in [1.29, 1.82) is 0 Å². The molecule has 2 aliphatic carbocycles. The summed E-state index contributed by atoms with van der Waals surface area (Å²) in [6.45, 7) is 4.29. The van der Waals surface area contributed by atoms with Gasteiger partial charge in [0.1, 0.15) is 10.9 Å². The smallest absolute Gasteiger partial charge is 0.407 e. The average Bonchev–Trinajstić information content (AvgIpc) is 3.12. The van der Waals surface area contributed by atoms with Crippen LogP contribution in [-0.2, 0) is 21.3 Å². The molecule has 1 N–H and O–H groups in total. The van der Waals surface area contributed by atoms with Gasteiger partial charge in [-0.3, -0.25) is 0 Å². The molecule has 0 bridgehead atoms. The lowest BCUT2D eigenvalue weighted by Crippen LogP contribution is -2.28. The molecule has 1 aromatic rings. The van der Waals surface area contributed by atoms with Gasteiger partial charge in [0.2, 0.25) is 6.79 Å². The predicted molar refractivity (Wildman–Crippen MR) is 105 cm³/mol. The number of halogens is 2. The van der Waals surface area contributed by atoms with Gasteiger partial charge in [-0.1, -0.05) is 12.7 Å². The Balaban J connectivity index is 1.59. The summed E-state index contributed by atoms with van der Waals surface area (Å²) >= 11 is 13.5. The van der Waals surface area contributed by atoms with Crippen LogP contribution in [0.5, 0.6) is 11.5 Å². The van der Waals surface area contributed by atoms with Gasteiger partial charge in [-0.05, 0) is 42.5 Å². The van der Waals surface area contributed by atoms with Gasteiger partial charge >= 0.3 is 6.09 Å². The highest BCUT2D eigenvalue weighted by molar-refractivity contribution is 6.52. The van der Waals surface area contributed by atoms with E-state index >= 15 is 0 Å². The summed E-state index contributed by atoms with van der Waals surface area (Å²) in [4.78, 5) is 11.7. The number of methoxy groups -OCH3 is 1. The third-order valence-electron chi connectivity index (χ3n) is 6.00. The number of nitrogens with one attached hydrogen (secondary N) is 1. The largest absolute Gasteiger partial charge is 0.454 e. The van der Waals surface area contributed by atoms with Gasteiger partial charge < -0.3 is 24.3 Å². The molecule has 0 spiro atoms. The van der Waals surface area contributed by atoms with Crippen molar-refractivity contribution < 1.29 is 23.7 Å². The number of amides is 1. The van der Waals surface area contributed by atoms with E-state index in [4.69, 9.17) is 42.1 Å². The third kappa shape index (κ3) is 3.02. The van der Waals surface area contributed by atoms with Crippen LogP contribution in [0.1, 0.15) is 24.0 Å². The van der Waals surface area contributed by atoms with E-state index in [1.54, 1.807) is 7.11 Å². The van der Waals surface area contributed by atoms with Crippen LogP contribution in [-0.4, -0.2) is 43.6 Å². The molecule has 2 saturated carbocycles. The Morgan fingerprint density at radius 3 is 2.86 bits per heavy atom. The van der Waals surface area contributed by atoms with Crippen molar-refractivity contribution in [3.05, 3.63) is 35.9 Å². The van der Waals surface area contributed by atoms with Crippen molar-refractivity contribution in [2.75, 3.05) is 27.1 Å². The molecule has 0 aromatic heterocycles. The molecular formula is C20H23Cl2NO5. The Labute approximate surface area is 174 Å². The Hall–Kier alpha value is -1.63. The lowest BCUT2D eigenvalue weighted by atomic mass is 9.87. The van der Waals surface area contributed by atoms with Crippen molar-refractivity contribution in [1.82, 2.24) is 5.32 Å². The number of rotatable bonds is 7. The number of carbonyl (C=O) groups excluding carboxylic acids is 1. The molecule has 1 aromatic carbocycles. The molecule has 2 fully saturated rings. The second-order valence-electron chi connectivity index (χ2n) is 7.37. The van der Waals surface area contributed by atoms with E-state index in [-0.39, 0.29) is 30.8 Å². The van der Waals surface area contributed by atoms with Crippen LogP contribution >= 0.6 is 23.2 Å². The van der Waals surface area contributed by atoms with E-state index in [2.05, 4.69) is 11.9 Å². The van der Waals surface area contributed by atoms with Gasteiger partial charge in [0.05, 0.1) is 6.10 Å². The maximum atomic E-state index is 11.7. The Bertz CT molecular complexity index is 799. The summed E-state index contributed by atoms with van der Waals surface area (Å²) in [6.07, 6.45) is 3.33. The van der Waals surface area contributed by atoms with Crippen LogP contribution in [0.3, 0.4) is 0 Å². The molecule has 2 unspecified atom stereocenters. The van der Waals surface area contributed by atoms with E-state index in [1.165, 1.54) is 6.08 Å². The summed E-state index contributed by atoms with van der Waals surface area (Å²) in [5, 5.41) is 2.75. The van der Waals surface area contributed by atoms with Gasteiger partial charge in [0, 0.05) is 25.0 Å². The molecule has 6 nitrogen and oxygen atoms in total. The first kappa shape index (κ1) is 19.7. The summed E-state index contributed by atoms with van der Waals surface area (Å²) in [7, 11) is 1.71. The van der Waals surface area contributed by atoms with Gasteiger partial charge in [-0.2, -0.15) is 0 Å². The molecule has 152 valence electrons. The quantitative estimate of drug-likeness (QED) is 0.530. The zero-order valence-electron chi connectivity index (χ0n) is 15.6. The molecule has 28 heavy (non-hydrogen) atoms. The normalized spacial score (nSPS) is 28.5. The minimum atomic E-state index is -0.833. The summed E-state index contributed by atoms with van der Waals surface area (Å²) in [5.41, 5.74) is 1.70. The van der Waals surface area contributed by atoms with Crippen LogP contribution in [0.15, 0.2) is 24.8 Å². The number of hydrogen-bond acceptors (Lipinski definition) is 5. The molecule has 0 radical (unpaired) electrons. The maximum Gasteiger partial charge on any atom is 0.407 e. The fraction of sp³-hybridized carbons (Fsp3) is 0.550. The summed E-state index contributed by atoms with van der Waals surface area (Å²) in [5.74, 6) is 1.51. The highest BCUT2D eigenvalue weighted by Crippen LogP contribution is 2.77. The number of alkyl carbamates (subject to hydrolysis) is 1. The molecular weight excluding hydrogens is 405 g/mol. The van der Waals surface area contributed by atoms with Gasteiger partial charge in [-0.25, -0.2) is 4.79 Å². The van der Waals surface area contributed by atoms with Crippen molar-refractivity contribution in [2.24, 2.45) is 5.92 Å². The van der Waals surface area contributed by atoms with Crippen LogP contribution in [0, 0.1) is 5.92 Å². The first-order chi connectivity index (χ1) is 13.4. The monoisotopic (exact) mass is 427 g/mol. The zero-order valence-corrected chi connectivity index (χ0v) is 17.1. The number of carbonyl (C=O) groups is 1. The fourth-order valence-corrected chi connectivity index (χ4v) is 5.68. The highest BCUT2D eigenvalue weighted by atomic mass is 35.5. The van der Waals surface area contributed by atoms with E-state index in [0.29, 0.717) is 24.5 Å². The topological polar surface area (TPSA) is 66.0 Å². The second kappa shape index (κ2) is 7.32. The fourth-order valence-electron chi connectivity index (χ4n) is 4.61. The molecule has 4 rings (SSSR count). The number of fused-ring (bicyclic) bond motifs is 2. The van der Waals surface area contributed by atoms with Crippen LogP contribution in [0.4, 0.5) is 4.79 Å². The second-order valence-corrected chi connectivity index (χ2v) is 8.76. The lowest BCUT2D eigenvalue weighted by Gasteiger charge is -2.24. The first-order valence-corrected chi connectivity index (χ1v) is 10.0. The van der Waals surface area contributed by atoms with E-state index < -0.39 is 10.4 Å². The minimum absolute atomic E-state index is 0.123. The Morgan fingerprint density at radius 2 is 2.14 bits per heavy atom. The van der Waals surface area contributed by atoms with E-state index in [9.17, 15) is 4.79 Å². The van der Waals surface area contributed by atoms with Crippen LogP contribution in [0.2, 0.25) is 0 Å². The van der Waals surface area contributed by atoms with Crippen molar-refractivity contribution in [3.63, 3.8) is 0 Å². The molecule has 3 atom stereocenters. The van der Waals surface area contributed by atoms with Crippen LogP contribution < -0.4 is 14.8 Å². The summed E-state index contributed by atoms with van der Waals surface area (Å²) < 4.78 is 20.8. The molecule has 3 aliphatic rings. The SMILES string of the molecule is C=CCOC(=O)NCCc1cc2c(cc1C13C[C@H](OC)CC1C3(Cl)Cl)OCO2.